The maximum atomic E-state index is 13.4. The second kappa shape index (κ2) is 13.5. The minimum atomic E-state index is -0.958. The highest BCUT2D eigenvalue weighted by molar-refractivity contribution is 6.30. The van der Waals surface area contributed by atoms with E-state index in [1.807, 2.05) is 36.2 Å². The third-order valence-electron chi connectivity index (χ3n) is 8.95. The van der Waals surface area contributed by atoms with E-state index in [1.165, 1.54) is 51.4 Å². The molecule has 1 saturated heterocycles. The van der Waals surface area contributed by atoms with Crippen molar-refractivity contribution in [2.24, 2.45) is 17.8 Å². The van der Waals surface area contributed by atoms with Gasteiger partial charge in [0.05, 0.1) is 5.60 Å². The molecule has 2 unspecified atom stereocenters. The number of nitrogens with one attached hydrogen (secondary N) is 2. The van der Waals surface area contributed by atoms with Gasteiger partial charge in [-0.05, 0) is 62.3 Å². The lowest BCUT2D eigenvalue weighted by Gasteiger charge is -2.43. The summed E-state index contributed by atoms with van der Waals surface area (Å²) in [6.07, 6.45) is 16.4. The fraction of sp³-hybridized carbons (Fsp3) is 0.767. The van der Waals surface area contributed by atoms with Crippen LogP contribution in [0.15, 0.2) is 24.3 Å². The van der Waals surface area contributed by atoms with E-state index in [-0.39, 0.29) is 18.0 Å². The first kappa shape index (κ1) is 27.7. The molecule has 0 spiro atoms. The van der Waals surface area contributed by atoms with E-state index in [0.29, 0.717) is 11.6 Å². The molecule has 0 bridgehead atoms. The van der Waals surface area contributed by atoms with E-state index in [4.69, 9.17) is 11.6 Å². The molecule has 36 heavy (non-hydrogen) atoms. The molecule has 3 atom stereocenters. The minimum Gasteiger partial charge on any atom is -0.385 e. The molecule has 2 aliphatic carbocycles. The van der Waals surface area contributed by atoms with Crippen molar-refractivity contribution in [1.82, 2.24) is 15.5 Å². The molecule has 1 aromatic rings. The van der Waals surface area contributed by atoms with E-state index < -0.39 is 5.60 Å². The maximum absolute atomic E-state index is 13.4. The number of unbranched alkanes of at least 4 members (excludes halogenated alkanes) is 1. The molecule has 2 saturated carbocycles. The van der Waals surface area contributed by atoms with Crippen LogP contribution in [0, 0.1) is 17.8 Å². The molecule has 3 fully saturated rings. The lowest BCUT2D eigenvalue weighted by Crippen LogP contribution is -2.54. The lowest BCUT2D eigenvalue weighted by atomic mass is 9.74. The quantitative estimate of drug-likeness (QED) is 0.278. The number of benzene rings is 1. The SMILES string of the molecule is CNCC(CC1CCCCC1)NC(=O)N1CCC[C@@H](C(O)(CCCCC2CC2)c2cccc(Cl)c2)C1. The highest BCUT2D eigenvalue weighted by Crippen LogP contribution is 2.41. The Balaban J connectivity index is 1.40. The summed E-state index contributed by atoms with van der Waals surface area (Å²) in [4.78, 5) is 15.4. The summed E-state index contributed by atoms with van der Waals surface area (Å²) in [5.74, 6) is 1.64. The number of halogens is 1. The molecule has 4 rings (SSSR count). The van der Waals surface area contributed by atoms with Crippen LogP contribution in [0.4, 0.5) is 4.79 Å². The predicted octanol–water partition coefficient (Wildman–Crippen LogP) is 6.48. The van der Waals surface area contributed by atoms with Gasteiger partial charge in [0.25, 0.3) is 0 Å². The predicted molar refractivity (Wildman–Crippen MR) is 148 cm³/mol. The maximum Gasteiger partial charge on any atom is 0.317 e. The van der Waals surface area contributed by atoms with Crippen molar-refractivity contribution in [3.8, 4) is 0 Å². The zero-order valence-electron chi connectivity index (χ0n) is 22.3. The van der Waals surface area contributed by atoms with Crippen LogP contribution >= 0.6 is 11.6 Å². The number of amides is 2. The first-order valence-corrected chi connectivity index (χ1v) is 15.0. The molecule has 5 nitrogen and oxygen atoms in total. The van der Waals surface area contributed by atoms with Gasteiger partial charge in [-0.1, -0.05) is 87.9 Å². The average molecular weight is 518 g/mol. The molecule has 3 N–H and O–H groups in total. The number of urea groups is 1. The fourth-order valence-electron chi connectivity index (χ4n) is 6.66. The summed E-state index contributed by atoms with van der Waals surface area (Å²) in [6, 6.07) is 7.92. The van der Waals surface area contributed by atoms with E-state index >= 15 is 0 Å². The van der Waals surface area contributed by atoms with Gasteiger partial charge in [0.2, 0.25) is 0 Å². The van der Waals surface area contributed by atoms with Crippen LogP contribution < -0.4 is 10.6 Å². The highest BCUT2D eigenvalue weighted by Gasteiger charge is 2.41. The van der Waals surface area contributed by atoms with Crippen molar-refractivity contribution in [3.63, 3.8) is 0 Å². The normalized spacial score (nSPS) is 23.8. The van der Waals surface area contributed by atoms with Crippen LogP contribution in [0.25, 0.3) is 0 Å². The number of nitrogens with zero attached hydrogens (tertiary/aromatic N) is 1. The Hall–Kier alpha value is -1.30. The van der Waals surface area contributed by atoms with Crippen LogP contribution in [-0.2, 0) is 5.60 Å². The van der Waals surface area contributed by atoms with Crippen molar-refractivity contribution in [2.45, 2.75) is 102 Å². The van der Waals surface area contributed by atoms with Gasteiger partial charge in [-0.3, -0.25) is 0 Å². The van der Waals surface area contributed by atoms with Gasteiger partial charge in [-0.2, -0.15) is 0 Å². The Morgan fingerprint density at radius 2 is 1.92 bits per heavy atom. The molecule has 0 aromatic heterocycles. The molecule has 1 heterocycles. The Morgan fingerprint density at radius 3 is 2.64 bits per heavy atom. The number of carbonyl (C=O) groups is 1. The second-order valence-electron chi connectivity index (χ2n) is 11.9. The number of likely N-dealkylation sites (N-methyl/N-ethyl adjacent to an activating group) is 1. The third-order valence-corrected chi connectivity index (χ3v) is 9.18. The van der Waals surface area contributed by atoms with Crippen molar-refractivity contribution in [3.05, 3.63) is 34.9 Å². The van der Waals surface area contributed by atoms with Gasteiger partial charge in [-0.15, -0.1) is 0 Å². The first-order chi connectivity index (χ1) is 17.5. The van der Waals surface area contributed by atoms with Crippen LogP contribution in [-0.4, -0.2) is 48.8 Å². The summed E-state index contributed by atoms with van der Waals surface area (Å²) in [5, 5.41) is 19.5. The number of rotatable bonds is 12. The number of hydrogen-bond donors (Lipinski definition) is 3. The second-order valence-corrected chi connectivity index (χ2v) is 12.3. The molecule has 1 aromatic carbocycles. The van der Waals surface area contributed by atoms with E-state index in [2.05, 4.69) is 10.6 Å². The molecule has 1 aliphatic heterocycles. The molecular formula is C30H48ClN3O2. The zero-order chi connectivity index (χ0) is 25.4. The van der Waals surface area contributed by atoms with Gasteiger partial charge in [0.1, 0.15) is 0 Å². The summed E-state index contributed by atoms with van der Waals surface area (Å²) < 4.78 is 0. The van der Waals surface area contributed by atoms with Crippen LogP contribution in [0.3, 0.4) is 0 Å². The Kier molecular flexibility index (Phi) is 10.4. The number of aliphatic hydroxyl groups is 1. The average Bonchev–Trinajstić information content (AvgIpc) is 3.72. The fourth-order valence-corrected chi connectivity index (χ4v) is 6.85. The largest absolute Gasteiger partial charge is 0.385 e. The Morgan fingerprint density at radius 1 is 1.11 bits per heavy atom. The number of likely N-dealkylation sites (tertiary alicyclic amines) is 1. The van der Waals surface area contributed by atoms with Gasteiger partial charge in [0, 0.05) is 36.6 Å². The number of hydrogen-bond acceptors (Lipinski definition) is 3. The minimum absolute atomic E-state index is 0.0116. The molecule has 202 valence electrons. The first-order valence-electron chi connectivity index (χ1n) is 14.7. The van der Waals surface area contributed by atoms with Gasteiger partial charge < -0.3 is 20.6 Å². The molecule has 3 aliphatic rings. The summed E-state index contributed by atoms with van der Waals surface area (Å²) in [6.45, 7) is 2.14. The van der Waals surface area contributed by atoms with Crippen molar-refractivity contribution >= 4 is 17.6 Å². The van der Waals surface area contributed by atoms with Crippen LogP contribution in [0.2, 0.25) is 5.02 Å². The van der Waals surface area contributed by atoms with Crippen molar-refractivity contribution in [1.29, 1.82) is 0 Å². The number of piperidine rings is 1. The van der Waals surface area contributed by atoms with Gasteiger partial charge in [-0.25, -0.2) is 4.79 Å². The summed E-state index contributed by atoms with van der Waals surface area (Å²) in [5.41, 5.74) is -0.0566. The topological polar surface area (TPSA) is 64.6 Å². The zero-order valence-corrected chi connectivity index (χ0v) is 23.1. The van der Waals surface area contributed by atoms with Gasteiger partial charge in [0.15, 0.2) is 0 Å². The van der Waals surface area contributed by atoms with Crippen molar-refractivity contribution in [2.75, 3.05) is 26.7 Å². The summed E-state index contributed by atoms with van der Waals surface area (Å²) in [7, 11) is 1.96. The van der Waals surface area contributed by atoms with Crippen LogP contribution in [0.5, 0.6) is 0 Å². The summed E-state index contributed by atoms with van der Waals surface area (Å²) >= 11 is 6.36. The number of carbonyl (C=O) groups excluding carboxylic acids is 1. The molecule has 6 heteroatoms. The smallest absolute Gasteiger partial charge is 0.317 e. The monoisotopic (exact) mass is 517 g/mol. The van der Waals surface area contributed by atoms with Crippen molar-refractivity contribution < 1.29 is 9.90 Å². The van der Waals surface area contributed by atoms with Crippen LogP contribution in [0.1, 0.15) is 95.5 Å². The molecule has 2 amide bonds. The standard InChI is InChI=1S/C30H48ClN3O2/c1-32-21-28(19-24-10-3-2-4-11-24)33-29(35)34-18-8-13-26(22-34)30(36,17-6-5-9-23-15-16-23)25-12-7-14-27(31)20-25/h7,12,14,20,23-24,26,28,32,36H,2-6,8-11,13,15-19,21-22H2,1H3,(H,33,35)/t26-,28?,30?/m1/s1. The van der Waals surface area contributed by atoms with E-state index in [9.17, 15) is 9.90 Å². The van der Waals surface area contributed by atoms with Gasteiger partial charge >= 0.3 is 6.03 Å². The molecular weight excluding hydrogens is 470 g/mol. The lowest BCUT2D eigenvalue weighted by molar-refractivity contribution is -0.0558. The van der Waals surface area contributed by atoms with E-state index in [1.54, 1.807) is 0 Å². The highest BCUT2D eigenvalue weighted by atomic mass is 35.5. The Bertz CT molecular complexity index is 826. The Labute approximate surface area is 223 Å². The van der Waals surface area contributed by atoms with E-state index in [0.717, 1.165) is 69.0 Å². The molecule has 0 radical (unpaired) electrons. The third kappa shape index (κ3) is 7.85.